The van der Waals surface area contributed by atoms with Crippen LogP contribution < -0.4 is 5.32 Å². The highest BCUT2D eigenvalue weighted by molar-refractivity contribution is 5.97. The lowest BCUT2D eigenvalue weighted by Gasteiger charge is -2.20. The zero-order valence-corrected chi connectivity index (χ0v) is 17.1. The zero-order chi connectivity index (χ0) is 20.4. The summed E-state index contributed by atoms with van der Waals surface area (Å²) in [6.45, 7) is 6.95. The Hall–Kier alpha value is -2.66. The summed E-state index contributed by atoms with van der Waals surface area (Å²) in [5, 5.41) is 2.92. The number of carbonyl (C=O) groups is 2. The zero-order valence-electron chi connectivity index (χ0n) is 17.1. The predicted molar refractivity (Wildman–Crippen MR) is 114 cm³/mol. The lowest BCUT2D eigenvalue weighted by Crippen LogP contribution is -2.34. The fourth-order valence-corrected chi connectivity index (χ4v) is 3.19. The third-order valence-electron chi connectivity index (χ3n) is 4.45. The average Bonchev–Trinajstić information content (AvgIpc) is 2.68. The molecule has 0 bridgehead atoms. The molecule has 150 valence electrons. The number of hydrogen-bond donors (Lipinski definition) is 1. The molecule has 0 saturated heterocycles. The smallest absolute Gasteiger partial charge is 0.253 e. The minimum Gasteiger partial charge on any atom is -0.337 e. The molecule has 0 aromatic heterocycles. The molecule has 0 fully saturated rings. The second-order valence-corrected chi connectivity index (χ2v) is 7.05. The third-order valence-corrected chi connectivity index (χ3v) is 4.45. The second kappa shape index (κ2) is 11.2. The first kappa shape index (κ1) is 21.6. The van der Waals surface area contributed by atoms with E-state index < -0.39 is 0 Å². The molecule has 0 unspecified atom stereocenters. The molecule has 5 heteroatoms. The maximum Gasteiger partial charge on any atom is 0.253 e. The van der Waals surface area contributed by atoms with Gasteiger partial charge in [-0.3, -0.25) is 14.5 Å². The van der Waals surface area contributed by atoms with Gasteiger partial charge in [0.1, 0.15) is 0 Å². The molecule has 0 aliphatic rings. The van der Waals surface area contributed by atoms with Crippen LogP contribution in [0.15, 0.2) is 54.6 Å². The van der Waals surface area contributed by atoms with Gasteiger partial charge in [0.25, 0.3) is 5.91 Å². The molecule has 2 aromatic carbocycles. The molecule has 0 atom stereocenters. The summed E-state index contributed by atoms with van der Waals surface area (Å²) in [7, 11) is 1.79. The monoisotopic (exact) mass is 381 g/mol. The van der Waals surface area contributed by atoms with Gasteiger partial charge >= 0.3 is 0 Å². The first-order chi connectivity index (χ1) is 13.5. The predicted octanol–water partition coefficient (Wildman–Crippen LogP) is 4.02. The van der Waals surface area contributed by atoms with Crippen LogP contribution in [0.25, 0.3) is 0 Å². The van der Waals surface area contributed by atoms with Gasteiger partial charge in [-0.2, -0.15) is 0 Å². The summed E-state index contributed by atoms with van der Waals surface area (Å²) in [5.41, 5.74) is 2.29. The minimum absolute atomic E-state index is 0.0517. The fourth-order valence-electron chi connectivity index (χ4n) is 3.19. The number of nitrogens with zero attached hydrogens (tertiary/aromatic N) is 2. The van der Waals surface area contributed by atoms with Gasteiger partial charge in [0, 0.05) is 24.8 Å². The lowest BCUT2D eigenvalue weighted by atomic mass is 10.1. The van der Waals surface area contributed by atoms with E-state index in [1.165, 1.54) is 0 Å². The Labute approximate surface area is 168 Å². The number of nitrogens with one attached hydrogen (secondary N) is 1. The summed E-state index contributed by atoms with van der Waals surface area (Å²) in [6.07, 6.45) is 2.04. The summed E-state index contributed by atoms with van der Waals surface area (Å²) in [4.78, 5) is 29.0. The van der Waals surface area contributed by atoms with Gasteiger partial charge in [-0.15, -0.1) is 0 Å². The molecule has 2 rings (SSSR count). The van der Waals surface area contributed by atoms with Crippen LogP contribution in [-0.4, -0.2) is 48.3 Å². The van der Waals surface area contributed by atoms with Crippen molar-refractivity contribution in [3.63, 3.8) is 0 Å². The van der Waals surface area contributed by atoms with E-state index in [9.17, 15) is 9.59 Å². The van der Waals surface area contributed by atoms with E-state index in [0.29, 0.717) is 24.3 Å². The number of hydrogen-bond acceptors (Lipinski definition) is 3. The number of anilines is 1. The number of amides is 2. The Kier molecular flexibility index (Phi) is 8.69. The van der Waals surface area contributed by atoms with Crippen LogP contribution in [0, 0.1) is 0 Å². The minimum atomic E-state index is -0.0708. The van der Waals surface area contributed by atoms with Crippen molar-refractivity contribution in [2.45, 2.75) is 33.2 Å². The van der Waals surface area contributed by atoms with Crippen LogP contribution in [0.5, 0.6) is 0 Å². The SMILES string of the molecule is CCCN(CCC)CC(=O)Nc1cccc(C(=O)N(C)Cc2ccccc2)c1. The largest absolute Gasteiger partial charge is 0.337 e. The Morgan fingerprint density at radius 3 is 2.25 bits per heavy atom. The Balaban J connectivity index is 1.98. The van der Waals surface area contributed by atoms with Crippen LogP contribution in [0.3, 0.4) is 0 Å². The Bertz CT molecular complexity index is 755. The van der Waals surface area contributed by atoms with E-state index in [0.717, 1.165) is 31.5 Å². The van der Waals surface area contributed by atoms with Gasteiger partial charge in [0.15, 0.2) is 0 Å². The highest BCUT2D eigenvalue weighted by atomic mass is 16.2. The molecule has 0 spiro atoms. The molecule has 0 saturated carbocycles. The number of carbonyl (C=O) groups excluding carboxylic acids is 2. The van der Waals surface area contributed by atoms with Crippen molar-refractivity contribution in [2.24, 2.45) is 0 Å². The lowest BCUT2D eigenvalue weighted by molar-refractivity contribution is -0.117. The van der Waals surface area contributed by atoms with E-state index in [-0.39, 0.29) is 11.8 Å². The molecule has 2 amide bonds. The van der Waals surface area contributed by atoms with Crippen molar-refractivity contribution >= 4 is 17.5 Å². The van der Waals surface area contributed by atoms with E-state index in [4.69, 9.17) is 0 Å². The summed E-state index contributed by atoms with van der Waals surface area (Å²) < 4.78 is 0. The van der Waals surface area contributed by atoms with Crippen molar-refractivity contribution in [2.75, 3.05) is 32.0 Å². The van der Waals surface area contributed by atoms with E-state index in [1.54, 1.807) is 30.1 Å². The molecule has 0 aliphatic heterocycles. The van der Waals surface area contributed by atoms with Gasteiger partial charge in [0.05, 0.1) is 6.54 Å². The Morgan fingerprint density at radius 1 is 0.929 bits per heavy atom. The van der Waals surface area contributed by atoms with Crippen LogP contribution >= 0.6 is 0 Å². The first-order valence-electron chi connectivity index (χ1n) is 9.95. The molecule has 0 aliphatic carbocycles. The molecular formula is C23H31N3O2. The summed E-state index contributed by atoms with van der Waals surface area (Å²) in [6, 6.07) is 17.0. The van der Waals surface area contributed by atoms with Crippen molar-refractivity contribution in [1.82, 2.24) is 9.80 Å². The van der Waals surface area contributed by atoms with E-state index in [2.05, 4.69) is 24.1 Å². The molecule has 1 N–H and O–H groups in total. The van der Waals surface area contributed by atoms with Gasteiger partial charge in [-0.05, 0) is 49.7 Å². The maximum absolute atomic E-state index is 12.7. The Morgan fingerprint density at radius 2 is 1.61 bits per heavy atom. The van der Waals surface area contributed by atoms with Crippen LogP contribution in [0.1, 0.15) is 42.6 Å². The van der Waals surface area contributed by atoms with Gasteiger partial charge in [-0.25, -0.2) is 0 Å². The van der Waals surface area contributed by atoms with Crippen molar-refractivity contribution < 1.29 is 9.59 Å². The summed E-state index contributed by atoms with van der Waals surface area (Å²) >= 11 is 0. The molecule has 2 aromatic rings. The van der Waals surface area contributed by atoms with Crippen molar-refractivity contribution in [1.29, 1.82) is 0 Å². The molecule has 0 heterocycles. The van der Waals surface area contributed by atoms with Crippen LogP contribution in [0.2, 0.25) is 0 Å². The van der Waals surface area contributed by atoms with Gasteiger partial charge < -0.3 is 10.2 Å². The standard InChI is InChI=1S/C23H31N3O2/c1-4-14-26(15-5-2)18-22(27)24-21-13-9-12-20(16-21)23(28)25(3)17-19-10-7-6-8-11-19/h6-13,16H,4-5,14-15,17-18H2,1-3H3,(H,24,27). The molecular weight excluding hydrogens is 350 g/mol. The van der Waals surface area contributed by atoms with E-state index >= 15 is 0 Å². The molecule has 28 heavy (non-hydrogen) atoms. The maximum atomic E-state index is 12.7. The quantitative estimate of drug-likeness (QED) is 0.676. The normalized spacial score (nSPS) is 10.7. The fraction of sp³-hybridized carbons (Fsp3) is 0.391. The topological polar surface area (TPSA) is 52.7 Å². The summed E-state index contributed by atoms with van der Waals surface area (Å²) in [5.74, 6) is -0.123. The second-order valence-electron chi connectivity index (χ2n) is 7.05. The molecule has 0 radical (unpaired) electrons. The van der Waals surface area contributed by atoms with Gasteiger partial charge in [-0.1, -0.05) is 50.2 Å². The molecule has 5 nitrogen and oxygen atoms in total. The van der Waals surface area contributed by atoms with E-state index in [1.807, 2.05) is 36.4 Å². The van der Waals surface area contributed by atoms with Gasteiger partial charge in [0.2, 0.25) is 5.91 Å². The average molecular weight is 382 g/mol. The highest BCUT2D eigenvalue weighted by Gasteiger charge is 2.14. The van der Waals surface area contributed by atoms with Crippen LogP contribution in [0.4, 0.5) is 5.69 Å². The first-order valence-corrected chi connectivity index (χ1v) is 9.95. The van der Waals surface area contributed by atoms with Crippen molar-refractivity contribution in [3.8, 4) is 0 Å². The third kappa shape index (κ3) is 6.82. The highest BCUT2D eigenvalue weighted by Crippen LogP contribution is 2.14. The van der Waals surface area contributed by atoms with Crippen molar-refractivity contribution in [3.05, 3.63) is 65.7 Å². The number of rotatable bonds is 10. The van der Waals surface area contributed by atoms with Crippen LogP contribution in [-0.2, 0) is 11.3 Å². The number of benzene rings is 2.